The van der Waals surface area contributed by atoms with Gasteiger partial charge in [0.15, 0.2) is 0 Å². The summed E-state index contributed by atoms with van der Waals surface area (Å²) in [6.45, 7) is 5.44. The van der Waals surface area contributed by atoms with Crippen LogP contribution in [-0.2, 0) is 22.6 Å². The summed E-state index contributed by atoms with van der Waals surface area (Å²) in [5.41, 5.74) is 0. The van der Waals surface area contributed by atoms with E-state index in [2.05, 4.69) is 23.6 Å². The van der Waals surface area contributed by atoms with Gasteiger partial charge in [-0.05, 0) is 31.5 Å². The van der Waals surface area contributed by atoms with Gasteiger partial charge in [-0.2, -0.15) is 0 Å². The summed E-state index contributed by atoms with van der Waals surface area (Å²) in [5, 5.41) is 5.93. The zero-order chi connectivity index (χ0) is 14.4. The Hall–Kier alpha value is -1.40. The van der Waals surface area contributed by atoms with Crippen molar-refractivity contribution in [2.75, 3.05) is 26.2 Å². The Balaban J connectivity index is 1.82. The Morgan fingerprint density at radius 1 is 1.30 bits per heavy atom. The number of nitrogens with zero attached hydrogens (tertiary/aromatic N) is 1. The van der Waals surface area contributed by atoms with Gasteiger partial charge < -0.3 is 15.5 Å². The van der Waals surface area contributed by atoms with Gasteiger partial charge >= 0.3 is 11.8 Å². The molecule has 0 spiro atoms. The maximum absolute atomic E-state index is 12.0. The lowest BCUT2D eigenvalue weighted by molar-refractivity contribution is -0.145. The Kier molecular flexibility index (Phi) is 5.55. The number of thiophene rings is 1. The van der Waals surface area contributed by atoms with Crippen LogP contribution < -0.4 is 10.6 Å². The number of aryl methyl sites for hydroxylation is 1. The minimum Gasteiger partial charge on any atom is -0.343 e. The topological polar surface area (TPSA) is 61.4 Å². The molecule has 2 N–H and O–H groups in total. The summed E-state index contributed by atoms with van der Waals surface area (Å²) >= 11 is 1.68. The smallest absolute Gasteiger partial charge is 0.311 e. The van der Waals surface area contributed by atoms with E-state index >= 15 is 0 Å². The SMILES string of the molecule is CCc1ccc(CNC(=O)C(=O)N2CCCNCC2)s1. The lowest BCUT2D eigenvalue weighted by Gasteiger charge is -2.18. The van der Waals surface area contributed by atoms with E-state index in [0.717, 1.165) is 30.8 Å². The molecular formula is C14H21N3O2S. The second-order valence-electron chi connectivity index (χ2n) is 4.80. The number of hydrogen-bond acceptors (Lipinski definition) is 4. The lowest BCUT2D eigenvalue weighted by atomic mass is 10.3. The van der Waals surface area contributed by atoms with Crippen molar-refractivity contribution in [3.05, 3.63) is 21.9 Å². The van der Waals surface area contributed by atoms with Crippen molar-refractivity contribution in [3.8, 4) is 0 Å². The van der Waals surface area contributed by atoms with Crippen molar-refractivity contribution in [1.29, 1.82) is 0 Å². The molecule has 6 heteroatoms. The predicted molar refractivity (Wildman–Crippen MR) is 79.6 cm³/mol. The van der Waals surface area contributed by atoms with Crippen molar-refractivity contribution in [2.24, 2.45) is 0 Å². The van der Waals surface area contributed by atoms with E-state index in [9.17, 15) is 9.59 Å². The normalized spacial score (nSPS) is 15.8. The molecule has 1 fully saturated rings. The molecule has 0 aromatic carbocycles. The number of amides is 2. The van der Waals surface area contributed by atoms with E-state index in [1.807, 2.05) is 6.07 Å². The number of carbonyl (C=O) groups excluding carboxylic acids is 2. The monoisotopic (exact) mass is 295 g/mol. The Morgan fingerprint density at radius 2 is 2.10 bits per heavy atom. The Bertz CT molecular complexity index is 465. The highest BCUT2D eigenvalue weighted by Gasteiger charge is 2.22. The van der Waals surface area contributed by atoms with Crippen LogP contribution in [0.4, 0.5) is 0 Å². The number of rotatable bonds is 3. The molecule has 1 aromatic heterocycles. The quantitative estimate of drug-likeness (QED) is 0.809. The summed E-state index contributed by atoms with van der Waals surface area (Å²) in [6, 6.07) is 4.07. The average molecular weight is 295 g/mol. The first kappa shape index (κ1) is 15.0. The van der Waals surface area contributed by atoms with Gasteiger partial charge in [0.05, 0.1) is 6.54 Å². The first-order valence-electron chi connectivity index (χ1n) is 7.06. The van der Waals surface area contributed by atoms with E-state index < -0.39 is 11.8 Å². The highest BCUT2D eigenvalue weighted by Crippen LogP contribution is 2.16. The van der Waals surface area contributed by atoms with Crippen LogP contribution in [0.1, 0.15) is 23.1 Å². The third kappa shape index (κ3) is 4.05. The zero-order valence-corrected chi connectivity index (χ0v) is 12.6. The first-order valence-corrected chi connectivity index (χ1v) is 7.87. The molecule has 5 nitrogen and oxygen atoms in total. The van der Waals surface area contributed by atoms with Crippen LogP contribution in [0.3, 0.4) is 0 Å². The van der Waals surface area contributed by atoms with Crippen LogP contribution in [0.5, 0.6) is 0 Å². The van der Waals surface area contributed by atoms with Gasteiger partial charge in [0.25, 0.3) is 0 Å². The maximum atomic E-state index is 12.0. The minimum atomic E-state index is -0.502. The van der Waals surface area contributed by atoms with Crippen molar-refractivity contribution < 1.29 is 9.59 Å². The fourth-order valence-electron chi connectivity index (χ4n) is 2.14. The molecule has 0 bridgehead atoms. The van der Waals surface area contributed by atoms with Crippen molar-refractivity contribution >= 4 is 23.2 Å². The Morgan fingerprint density at radius 3 is 2.85 bits per heavy atom. The largest absolute Gasteiger partial charge is 0.343 e. The van der Waals surface area contributed by atoms with Gasteiger partial charge in [-0.25, -0.2) is 0 Å². The summed E-state index contributed by atoms with van der Waals surface area (Å²) < 4.78 is 0. The van der Waals surface area contributed by atoms with Gasteiger partial charge in [-0.15, -0.1) is 11.3 Å². The van der Waals surface area contributed by atoms with Crippen LogP contribution in [0, 0.1) is 0 Å². The van der Waals surface area contributed by atoms with Crippen LogP contribution in [0.15, 0.2) is 12.1 Å². The standard InChI is InChI=1S/C14H21N3O2S/c1-2-11-4-5-12(20-11)10-16-13(18)14(19)17-8-3-6-15-7-9-17/h4-5,15H,2-3,6-10H2,1H3,(H,16,18). The second kappa shape index (κ2) is 7.40. The van der Waals surface area contributed by atoms with E-state index in [4.69, 9.17) is 0 Å². The minimum absolute atomic E-state index is 0.416. The molecule has 110 valence electrons. The predicted octanol–water partition coefficient (Wildman–Crippen LogP) is 0.749. The van der Waals surface area contributed by atoms with Gasteiger partial charge in [0, 0.05) is 29.4 Å². The van der Waals surface area contributed by atoms with Gasteiger partial charge in [0.2, 0.25) is 0 Å². The van der Waals surface area contributed by atoms with Crippen molar-refractivity contribution in [3.63, 3.8) is 0 Å². The van der Waals surface area contributed by atoms with Gasteiger partial charge in [0.1, 0.15) is 0 Å². The molecule has 1 aliphatic rings. The molecule has 1 aromatic rings. The lowest BCUT2D eigenvalue weighted by Crippen LogP contribution is -2.44. The second-order valence-corrected chi connectivity index (χ2v) is 6.05. The van der Waals surface area contributed by atoms with Crippen LogP contribution in [0.2, 0.25) is 0 Å². The van der Waals surface area contributed by atoms with Crippen molar-refractivity contribution in [2.45, 2.75) is 26.3 Å². The van der Waals surface area contributed by atoms with Gasteiger partial charge in [-0.1, -0.05) is 6.92 Å². The third-order valence-corrected chi connectivity index (χ3v) is 4.54. The summed E-state index contributed by atoms with van der Waals surface area (Å²) in [4.78, 5) is 27.9. The summed E-state index contributed by atoms with van der Waals surface area (Å²) in [6.07, 6.45) is 1.89. The molecule has 0 aliphatic carbocycles. The van der Waals surface area contributed by atoms with E-state index in [-0.39, 0.29) is 0 Å². The molecule has 1 aliphatic heterocycles. The van der Waals surface area contributed by atoms with E-state index in [1.165, 1.54) is 4.88 Å². The molecule has 20 heavy (non-hydrogen) atoms. The van der Waals surface area contributed by atoms with Crippen LogP contribution in [0.25, 0.3) is 0 Å². The number of nitrogens with one attached hydrogen (secondary N) is 2. The number of hydrogen-bond donors (Lipinski definition) is 2. The fourth-order valence-corrected chi connectivity index (χ4v) is 3.04. The molecule has 0 radical (unpaired) electrons. The fraction of sp³-hybridized carbons (Fsp3) is 0.571. The number of carbonyl (C=O) groups is 2. The van der Waals surface area contributed by atoms with Crippen molar-refractivity contribution in [1.82, 2.24) is 15.5 Å². The van der Waals surface area contributed by atoms with E-state index in [0.29, 0.717) is 19.6 Å². The summed E-state index contributed by atoms with van der Waals surface area (Å²) in [7, 11) is 0. The first-order chi connectivity index (χ1) is 9.70. The third-order valence-electron chi connectivity index (χ3n) is 3.31. The van der Waals surface area contributed by atoms with Crippen LogP contribution in [-0.4, -0.2) is 42.9 Å². The Labute approximate surface area is 123 Å². The molecule has 2 heterocycles. The molecule has 1 saturated heterocycles. The highest BCUT2D eigenvalue weighted by atomic mass is 32.1. The zero-order valence-electron chi connectivity index (χ0n) is 11.8. The average Bonchev–Trinajstić information content (AvgIpc) is 2.76. The summed E-state index contributed by atoms with van der Waals surface area (Å²) in [5.74, 6) is -0.917. The van der Waals surface area contributed by atoms with E-state index in [1.54, 1.807) is 16.2 Å². The van der Waals surface area contributed by atoms with Crippen LogP contribution >= 0.6 is 11.3 Å². The maximum Gasteiger partial charge on any atom is 0.311 e. The highest BCUT2D eigenvalue weighted by molar-refractivity contribution is 7.11. The molecule has 2 amide bonds. The molecule has 0 atom stereocenters. The molecule has 2 rings (SSSR count). The van der Waals surface area contributed by atoms with Gasteiger partial charge in [-0.3, -0.25) is 9.59 Å². The molecule has 0 saturated carbocycles. The molecular weight excluding hydrogens is 274 g/mol. The molecule has 0 unspecified atom stereocenters.